The van der Waals surface area contributed by atoms with Gasteiger partial charge in [0.1, 0.15) is 11.4 Å². The molecule has 1 heterocycles. The molecule has 0 aliphatic heterocycles. The number of ketones is 2. The van der Waals surface area contributed by atoms with Gasteiger partial charge in [0.25, 0.3) is 0 Å². The summed E-state index contributed by atoms with van der Waals surface area (Å²) in [6.45, 7) is 0. The molecule has 3 aromatic rings. The van der Waals surface area contributed by atoms with Crippen LogP contribution in [0.5, 0.6) is 5.75 Å². The van der Waals surface area contributed by atoms with Crippen molar-refractivity contribution in [1.82, 2.24) is 15.4 Å². The van der Waals surface area contributed by atoms with Crippen LogP contribution in [0.25, 0.3) is 11.3 Å². The van der Waals surface area contributed by atoms with Crippen LogP contribution in [0.2, 0.25) is 0 Å². The van der Waals surface area contributed by atoms with Crippen LogP contribution in [0, 0.1) is 0 Å². The first kappa shape index (κ1) is 15.6. The van der Waals surface area contributed by atoms with Crippen LogP contribution < -0.4 is 4.74 Å². The van der Waals surface area contributed by atoms with Gasteiger partial charge >= 0.3 is 0 Å². The van der Waals surface area contributed by atoms with Gasteiger partial charge in [-0.15, -0.1) is 0 Å². The number of hydrogen-bond acceptors (Lipinski definition) is 5. The number of nitrogens with one attached hydrogen (secondary N) is 1. The van der Waals surface area contributed by atoms with E-state index in [0.717, 1.165) is 5.56 Å². The lowest BCUT2D eigenvalue weighted by atomic mass is 10.0. The molecule has 2 aromatic carbocycles. The Morgan fingerprint density at radius 3 is 2.33 bits per heavy atom. The maximum Gasteiger partial charge on any atom is 0.193 e. The number of Topliss-reactive ketones (excluding diaryl/α,β-unsaturated/α-hetero) is 2. The highest BCUT2D eigenvalue weighted by Crippen LogP contribution is 2.21. The van der Waals surface area contributed by atoms with Gasteiger partial charge in [-0.3, -0.25) is 9.59 Å². The molecule has 1 aromatic heterocycles. The summed E-state index contributed by atoms with van der Waals surface area (Å²) in [5, 5.41) is 10.4. The van der Waals surface area contributed by atoms with Crippen molar-refractivity contribution in [3.05, 3.63) is 65.9 Å². The number of hydrogen-bond donors (Lipinski definition) is 1. The van der Waals surface area contributed by atoms with E-state index in [0.29, 0.717) is 17.0 Å². The topological polar surface area (TPSA) is 84.9 Å². The fourth-order valence-electron chi connectivity index (χ4n) is 2.33. The Labute approximate surface area is 138 Å². The highest BCUT2D eigenvalue weighted by atomic mass is 16.5. The largest absolute Gasteiger partial charge is 0.497 e. The Balaban J connectivity index is 1.78. The molecular weight excluding hydrogens is 306 g/mol. The van der Waals surface area contributed by atoms with Crippen LogP contribution in [-0.2, 0) is 0 Å². The summed E-state index contributed by atoms with van der Waals surface area (Å²) >= 11 is 0. The normalized spacial score (nSPS) is 10.4. The molecule has 0 atom stereocenters. The number of nitrogens with zero attached hydrogens (tertiary/aromatic N) is 2. The number of aromatic amines is 1. The van der Waals surface area contributed by atoms with Gasteiger partial charge < -0.3 is 4.74 Å². The number of H-pyrrole nitrogens is 1. The lowest BCUT2D eigenvalue weighted by Gasteiger charge is -2.03. The quantitative estimate of drug-likeness (QED) is 0.557. The highest BCUT2D eigenvalue weighted by Gasteiger charge is 2.21. The zero-order valence-electron chi connectivity index (χ0n) is 13.0. The van der Waals surface area contributed by atoms with Crippen LogP contribution in [0.1, 0.15) is 27.3 Å². The second kappa shape index (κ2) is 6.87. The van der Waals surface area contributed by atoms with E-state index in [1.165, 1.54) is 0 Å². The van der Waals surface area contributed by atoms with Gasteiger partial charge in [0.05, 0.1) is 13.5 Å². The molecular formula is C18H15N3O3. The van der Waals surface area contributed by atoms with Crippen LogP contribution >= 0.6 is 0 Å². The van der Waals surface area contributed by atoms with Crippen molar-refractivity contribution in [1.29, 1.82) is 0 Å². The van der Waals surface area contributed by atoms with Crippen molar-refractivity contribution in [2.75, 3.05) is 7.11 Å². The van der Waals surface area contributed by atoms with E-state index in [1.54, 1.807) is 31.4 Å². The average Bonchev–Trinajstić information content (AvgIpc) is 3.12. The van der Waals surface area contributed by atoms with E-state index >= 15 is 0 Å². The van der Waals surface area contributed by atoms with E-state index in [4.69, 9.17) is 4.74 Å². The third-order valence-corrected chi connectivity index (χ3v) is 3.59. The summed E-state index contributed by atoms with van der Waals surface area (Å²) in [6.07, 6.45) is -0.265. The predicted octanol–water partition coefficient (Wildman–Crippen LogP) is 2.94. The molecule has 6 nitrogen and oxygen atoms in total. The van der Waals surface area contributed by atoms with Gasteiger partial charge in [-0.05, 0) is 24.3 Å². The second-order valence-corrected chi connectivity index (χ2v) is 5.14. The summed E-state index contributed by atoms with van der Waals surface area (Å²) in [7, 11) is 1.55. The molecule has 1 N–H and O–H groups in total. The maximum atomic E-state index is 12.4. The molecule has 0 radical (unpaired) electrons. The smallest absolute Gasteiger partial charge is 0.193 e. The van der Waals surface area contributed by atoms with Crippen LogP contribution in [0.3, 0.4) is 0 Å². The first-order chi connectivity index (χ1) is 11.7. The van der Waals surface area contributed by atoms with Gasteiger partial charge in [-0.2, -0.15) is 15.4 Å². The number of benzene rings is 2. The van der Waals surface area contributed by atoms with Crippen LogP contribution in [-0.4, -0.2) is 34.1 Å². The third kappa shape index (κ3) is 3.22. The minimum absolute atomic E-state index is 0.170. The molecule has 0 fully saturated rings. The minimum atomic E-state index is -0.372. The zero-order valence-corrected chi connectivity index (χ0v) is 13.0. The van der Waals surface area contributed by atoms with Crippen molar-refractivity contribution in [2.24, 2.45) is 0 Å². The summed E-state index contributed by atoms with van der Waals surface area (Å²) in [5.41, 5.74) is 1.84. The van der Waals surface area contributed by atoms with Crippen molar-refractivity contribution in [3.63, 3.8) is 0 Å². The molecule has 3 rings (SSSR count). The first-order valence-corrected chi connectivity index (χ1v) is 7.35. The molecule has 0 amide bonds. The average molecular weight is 321 g/mol. The summed E-state index contributed by atoms with van der Waals surface area (Å²) in [4.78, 5) is 24.7. The standard InChI is InChI=1S/C18H15N3O3/c1-24-14-9-7-12(8-10-14)15(22)11-16(23)18-17(19-21-20-18)13-5-3-2-4-6-13/h2-10H,11H2,1H3,(H,19,20,21). The number of ether oxygens (including phenoxy) is 1. The van der Waals surface area contributed by atoms with Crippen LogP contribution in [0.4, 0.5) is 0 Å². The van der Waals surface area contributed by atoms with Gasteiger partial charge in [0.15, 0.2) is 17.3 Å². The summed E-state index contributed by atoms with van der Waals surface area (Å²) in [5.74, 6) is 0.00817. The van der Waals surface area contributed by atoms with Crippen LogP contribution in [0.15, 0.2) is 54.6 Å². The van der Waals surface area contributed by atoms with E-state index in [1.807, 2.05) is 30.3 Å². The Morgan fingerprint density at radius 2 is 1.67 bits per heavy atom. The molecule has 0 aliphatic rings. The molecule has 6 heteroatoms. The lowest BCUT2D eigenvalue weighted by molar-refractivity contribution is 0.0892. The van der Waals surface area contributed by atoms with E-state index < -0.39 is 0 Å². The molecule has 0 unspecified atom stereocenters. The van der Waals surface area contributed by atoms with Crippen molar-refractivity contribution in [2.45, 2.75) is 6.42 Å². The molecule has 0 saturated heterocycles. The molecule has 0 bridgehead atoms. The van der Waals surface area contributed by atoms with Crippen molar-refractivity contribution >= 4 is 11.6 Å². The van der Waals surface area contributed by atoms with Crippen molar-refractivity contribution in [3.8, 4) is 17.0 Å². The summed E-state index contributed by atoms with van der Waals surface area (Å²) in [6, 6.07) is 15.9. The Hall–Kier alpha value is -3.28. The maximum absolute atomic E-state index is 12.4. The second-order valence-electron chi connectivity index (χ2n) is 5.14. The Morgan fingerprint density at radius 1 is 0.958 bits per heavy atom. The minimum Gasteiger partial charge on any atom is -0.497 e. The Bertz CT molecular complexity index is 855. The van der Waals surface area contributed by atoms with Gasteiger partial charge in [-0.25, -0.2) is 0 Å². The molecule has 0 spiro atoms. The molecule has 0 saturated carbocycles. The van der Waals surface area contributed by atoms with Gasteiger partial charge in [0.2, 0.25) is 0 Å². The van der Waals surface area contributed by atoms with Gasteiger partial charge in [0, 0.05) is 11.1 Å². The molecule has 120 valence electrons. The van der Waals surface area contributed by atoms with E-state index in [-0.39, 0.29) is 23.7 Å². The SMILES string of the molecule is COc1ccc(C(=O)CC(=O)c2n[nH]nc2-c2ccccc2)cc1. The predicted molar refractivity (Wildman–Crippen MR) is 88.1 cm³/mol. The third-order valence-electron chi connectivity index (χ3n) is 3.59. The number of carbonyl (C=O) groups excluding carboxylic acids is 2. The molecule has 0 aliphatic carbocycles. The van der Waals surface area contributed by atoms with E-state index in [2.05, 4.69) is 15.4 Å². The van der Waals surface area contributed by atoms with Gasteiger partial charge in [-0.1, -0.05) is 30.3 Å². The monoisotopic (exact) mass is 321 g/mol. The fraction of sp³-hybridized carbons (Fsp3) is 0.111. The first-order valence-electron chi connectivity index (χ1n) is 7.35. The fourth-order valence-corrected chi connectivity index (χ4v) is 2.33. The number of methoxy groups -OCH3 is 1. The Kier molecular flexibility index (Phi) is 4.47. The number of aromatic nitrogens is 3. The highest BCUT2D eigenvalue weighted by molar-refractivity contribution is 6.14. The van der Waals surface area contributed by atoms with E-state index in [9.17, 15) is 9.59 Å². The molecule has 24 heavy (non-hydrogen) atoms. The number of carbonyl (C=O) groups is 2. The number of rotatable bonds is 6. The summed E-state index contributed by atoms with van der Waals surface area (Å²) < 4.78 is 5.05. The van der Waals surface area contributed by atoms with Crippen molar-refractivity contribution < 1.29 is 14.3 Å². The zero-order chi connectivity index (χ0) is 16.9. The lowest BCUT2D eigenvalue weighted by Crippen LogP contribution is -2.10.